The van der Waals surface area contributed by atoms with Crippen molar-refractivity contribution >= 4 is 21.4 Å². The van der Waals surface area contributed by atoms with Crippen molar-refractivity contribution in [2.75, 3.05) is 17.2 Å². The van der Waals surface area contributed by atoms with Crippen molar-refractivity contribution in [2.45, 2.75) is 38.1 Å². The summed E-state index contributed by atoms with van der Waals surface area (Å²) in [5.41, 5.74) is 7.39. The maximum Gasteiger partial charge on any atom is 0.238 e. The Bertz CT molecular complexity index is 600. The lowest BCUT2D eigenvalue weighted by molar-refractivity contribution is 0.297. The first-order valence-corrected chi connectivity index (χ1v) is 8.43. The van der Waals surface area contributed by atoms with Gasteiger partial charge in [0.1, 0.15) is 0 Å². The topological polar surface area (TPSA) is 89.4 Å². The summed E-state index contributed by atoms with van der Waals surface area (Å²) in [6.45, 7) is 7.45. The minimum absolute atomic E-state index is 0.111. The molecule has 0 saturated carbocycles. The molecule has 1 aromatic carbocycles. The van der Waals surface area contributed by atoms with Crippen molar-refractivity contribution in [1.29, 1.82) is 0 Å². The van der Waals surface area contributed by atoms with E-state index in [-0.39, 0.29) is 4.90 Å². The smallest absolute Gasteiger partial charge is 0.238 e. The molecule has 0 radical (unpaired) electrons. The molecule has 3 atom stereocenters. The molecule has 1 heterocycles. The summed E-state index contributed by atoms with van der Waals surface area (Å²) < 4.78 is 23.0. The molecule has 3 unspecified atom stereocenters. The Balaban J connectivity index is 2.45. The van der Waals surface area contributed by atoms with E-state index in [1.54, 1.807) is 12.1 Å². The number of nitrogens with two attached hydrogens (primary N) is 2. The van der Waals surface area contributed by atoms with Crippen LogP contribution in [0.5, 0.6) is 0 Å². The number of nitrogens with zero attached hydrogens (tertiary/aromatic N) is 1. The Morgan fingerprint density at radius 3 is 2.50 bits per heavy atom. The molecule has 1 saturated heterocycles. The van der Waals surface area contributed by atoms with E-state index in [0.717, 1.165) is 12.2 Å². The maximum atomic E-state index is 11.5. The Morgan fingerprint density at radius 2 is 1.90 bits per heavy atom. The molecule has 20 heavy (non-hydrogen) atoms. The molecular formula is C14H23N3O2S. The van der Waals surface area contributed by atoms with Crippen LogP contribution in [0.1, 0.15) is 27.2 Å². The van der Waals surface area contributed by atoms with Gasteiger partial charge < -0.3 is 10.6 Å². The first kappa shape index (κ1) is 15.1. The van der Waals surface area contributed by atoms with Gasteiger partial charge in [0, 0.05) is 12.6 Å². The van der Waals surface area contributed by atoms with Crippen molar-refractivity contribution in [2.24, 2.45) is 17.0 Å². The molecule has 1 aliphatic heterocycles. The lowest BCUT2D eigenvalue weighted by Gasteiger charge is -2.43. The van der Waals surface area contributed by atoms with Crippen molar-refractivity contribution in [3.05, 3.63) is 18.2 Å². The molecular weight excluding hydrogens is 274 g/mol. The average molecular weight is 297 g/mol. The highest BCUT2D eigenvalue weighted by molar-refractivity contribution is 7.89. The first-order valence-electron chi connectivity index (χ1n) is 6.89. The fraction of sp³-hybridized carbons (Fsp3) is 0.571. The van der Waals surface area contributed by atoms with Crippen molar-refractivity contribution in [3.8, 4) is 0 Å². The quantitative estimate of drug-likeness (QED) is 0.814. The zero-order valence-corrected chi connectivity index (χ0v) is 13.0. The number of nitrogen functional groups attached to an aromatic ring is 1. The van der Waals surface area contributed by atoms with Gasteiger partial charge in [-0.05, 0) is 43.4 Å². The van der Waals surface area contributed by atoms with Gasteiger partial charge in [0.2, 0.25) is 10.0 Å². The highest BCUT2D eigenvalue weighted by Gasteiger charge is 2.30. The molecule has 112 valence electrons. The molecule has 2 rings (SSSR count). The van der Waals surface area contributed by atoms with E-state index >= 15 is 0 Å². The van der Waals surface area contributed by atoms with Crippen LogP contribution in [0.2, 0.25) is 0 Å². The minimum atomic E-state index is -3.71. The van der Waals surface area contributed by atoms with Gasteiger partial charge >= 0.3 is 0 Å². The lowest BCUT2D eigenvalue weighted by Crippen LogP contribution is -2.46. The Morgan fingerprint density at radius 1 is 1.25 bits per heavy atom. The van der Waals surface area contributed by atoms with Crippen LogP contribution >= 0.6 is 0 Å². The zero-order chi connectivity index (χ0) is 15.1. The van der Waals surface area contributed by atoms with Gasteiger partial charge in [0.15, 0.2) is 0 Å². The normalized spacial score (nSPS) is 27.6. The van der Waals surface area contributed by atoms with Crippen LogP contribution in [-0.2, 0) is 10.0 Å². The molecule has 6 heteroatoms. The highest BCUT2D eigenvalue weighted by atomic mass is 32.2. The predicted molar refractivity (Wildman–Crippen MR) is 82.0 cm³/mol. The van der Waals surface area contributed by atoms with Crippen molar-refractivity contribution < 1.29 is 8.42 Å². The predicted octanol–water partition coefficient (Wildman–Crippen LogP) is 1.79. The highest BCUT2D eigenvalue weighted by Crippen LogP contribution is 2.35. The molecule has 0 bridgehead atoms. The van der Waals surface area contributed by atoms with E-state index in [1.165, 1.54) is 12.5 Å². The van der Waals surface area contributed by atoms with Crippen LogP contribution in [0, 0.1) is 11.8 Å². The monoisotopic (exact) mass is 297 g/mol. The number of anilines is 2. The summed E-state index contributed by atoms with van der Waals surface area (Å²) in [7, 11) is -3.71. The molecule has 0 amide bonds. The Kier molecular flexibility index (Phi) is 3.97. The molecule has 0 spiro atoms. The second-order valence-corrected chi connectivity index (χ2v) is 7.54. The number of sulfonamides is 1. The van der Waals surface area contributed by atoms with Crippen LogP contribution in [-0.4, -0.2) is 21.0 Å². The van der Waals surface area contributed by atoms with Crippen LogP contribution in [0.4, 0.5) is 11.4 Å². The third-order valence-electron chi connectivity index (χ3n) is 4.24. The third kappa shape index (κ3) is 2.91. The Hall–Kier alpha value is -1.27. The van der Waals surface area contributed by atoms with E-state index in [4.69, 9.17) is 10.9 Å². The number of primary sulfonamides is 1. The lowest BCUT2D eigenvalue weighted by atomic mass is 9.85. The molecule has 1 aliphatic rings. The van der Waals surface area contributed by atoms with Crippen molar-refractivity contribution in [1.82, 2.24) is 0 Å². The van der Waals surface area contributed by atoms with E-state index in [9.17, 15) is 8.42 Å². The van der Waals surface area contributed by atoms with Crippen LogP contribution in [0.15, 0.2) is 23.1 Å². The van der Waals surface area contributed by atoms with Gasteiger partial charge in [-0.3, -0.25) is 0 Å². The SMILES string of the molecule is CC1CC(C)C(C)N(c2cc(S(N)(=O)=O)ccc2N)C1. The number of hydrogen-bond donors (Lipinski definition) is 2. The van der Waals surface area contributed by atoms with Crippen molar-refractivity contribution in [3.63, 3.8) is 0 Å². The standard InChI is InChI=1S/C14H23N3O2S/c1-9-6-10(2)11(3)17(8-9)14-7-12(20(16,18)19)4-5-13(14)15/h4-5,7,9-11H,6,8,15H2,1-3H3,(H2,16,18,19). The summed E-state index contributed by atoms with van der Waals surface area (Å²) in [6, 6.07) is 4.98. The summed E-state index contributed by atoms with van der Waals surface area (Å²) in [4.78, 5) is 2.31. The van der Waals surface area contributed by atoms with Crippen LogP contribution in [0.25, 0.3) is 0 Å². The van der Waals surface area contributed by atoms with E-state index in [0.29, 0.717) is 23.6 Å². The number of hydrogen-bond acceptors (Lipinski definition) is 4. The maximum absolute atomic E-state index is 11.5. The summed E-state index contributed by atoms with van der Waals surface area (Å²) in [5, 5.41) is 5.21. The fourth-order valence-electron chi connectivity index (χ4n) is 2.98. The summed E-state index contributed by atoms with van der Waals surface area (Å²) >= 11 is 0. The second kappa shape index (κ2) is 5.26. The van der Waals surface area contributed by atoms with Gasteiger partial charge in [-0.25, -0.2) is 13.6 Å². The summed E-state index contributed by atoms with van der Waals surface area (Å²) in [6.07, 6.45) is 1.17. The van der Waals surface area contributed by atoms with E-state index < -0.39 is 10.0 Å². The molecule has 4 N–H and O–H groups in total. The molecule has 0 aliphatic carbocycles. The number of piperidine rings is 1. The summed E-state index contributed by atoms with van der Waals surface area (Å²) in [5.74, 6) is 1.09. The molecule has 0 aromatic heterocycles. The van der Waals surface area contributed by atoms with Gasteiger partial charge in [-0.1, -0.05) is 13.8 Å². The zero-order valence-electron chi connectivity index (χ0n) is 12.2. The fourth-order valence-corrected chi connectivity index (χ4v) is 3.52. The van der Waals surface area contributed by atoms with Crippen LogP contribution < -0.4 is 15.8 Å². The molecule has 5 nitrogen and oxygen atoms in total. The molecule has 1 aromatic rings. The van der Waals surface area contributed by atoms with Gasteiger partial charge in [-0.15, -0.1) is 0 Å². The van der Waals surface area contributed by atoms with Crippen LogP contribution in [0.3, 0.4) is 0 Å². The second-order valence-electron chi connectivity index (χ2n) is 5.98. The molecule has 1 fully saturated rings. The minimum Gasteiger partial charge on any atom is -0.397 e. The largest absolute Gasteiger partial charge is 0.397 e. The van der Waals surface area contributed by atoms with E-state index in [1.807, 2.05) is 0 Å². The van der Waals surface area contributed by atoms with E-state index in [2.05, 4.69) is 25.7 Å². The first-order chi connectivity index (χ1) is 9.20. The number of rotatable bonds is 2. The Labute approximate surface area is 121 Å². The average Bonchev–Trinajstić information content (AvgIpc) is 2.33. The number of benzene rings is 1. The van der Waals surface area contributed by atoms with Gasteiger partial charge in [0.25, 0.3) is 0 Å². The van der Waals surface area contributed by atoms with Gasteiger partial charge in [-0.2, -0.15) is 0 Å². The third-order valence-corrected chi connectivity index (χ3v) is 5.15. The van der Waals surface area contributed by atoms with Gasteiger partial charge in [0.05, 0.1) is 16.3 Å².